The molecule has 0 bridgehead atoms. The number of hydrogen-bond acceptors (Lipinski definition) is 5. The molecule has 0 atom stereocenters. The molecule has 1 amide bonds. The monoisotopic (exact) mass is 470 g/mol. The maximum absolute atomic E-state index is 13.2. The molecule has 152 valence electrons. The van der Waals surface area contributed by atoms with Crippen molar-refractivity contribution >= 4 is 67.7 Å². The molecule has 0 aliphatic carbocycles. The third kappa shape index (κ3) is 5.19. The summed E-state index contributed by atoms with van der Waals surface area (Å²) in [4.78, 5) is 22.0. The van der Waals surface area contributed by atoms with E-state index in [2.05, 4.69) is 18.4 Å². The molecule has 0 saturated heterocycles. The summed E-state index contributed by atoms with van der Waals surface area (Å²) in [6.07, 6.45) is 2.06. The summed E-state index contributed by atoms with van der Waals surface area (Å²) in [6, 6.07) is 23.8. The zero-order valence-electron chi connectivity index (χ0n) is 16.2. The second-order valence-electron chi connectivity index (χ2n) is 6.54. The van der Waals surface area contributed by atoms with Crippen LogP contribution in [0, 0.1) is 0 Å². The average molecular weight is 471 g/mol. The molecule has 4 rings (SSSR count). The van der Waals surface area contributed by atoms with E-state index in [9.17, 15) is 4.79 Å². The van der Waals surface area contributed by atoms with Gasteiger partial charge in [-0.15, -0.1) is 23.5 Å². The van der Waals surface area contributed by atoms with Crippen molar-refractivity contribution in [3.63, 3.8) is 0 Å². The first-order valence-corrected chi connectivity index (χ1v) is 12.7. The third-order valence-electron chi connectivity index (χ3n) is 4.48. The zero-order chi connectivity index (χ0) is 20.9. The Labute approximate surface area is 193 Å². The molecule has 4 aromatic rings. The highest BCUT2D eigenvalue weighted by atomic mass is 35.5. The van der Waals surface area contributed by atoms with Crippen LogP contribution in [0.3, 0.4) is 0 Å². The van der Waals surface area contributed by atoms with Crippen molar-refractivity contribution < 1.29 is 4.79 Å². The van der Waals surface area contributed by atoms with E-state index in [1.54, 1.807) is 28.0 Å². The van der Waals surface area contributed by atoms with Crippen LogP contribution in [-0.2, 0) is 11.3 Å². The first kappa shape index (κ1) is 21.2. The first-order valence-electron chi connectivity index (χ1n) is 9.29. The van der Waals surface area contributed by atoms with Crippen LogP contribution < -0.4 is 4.90 Å². The van der Waals surface area contributed by atoms with E-state index in [1.165, 1.54) is 16.7 Å². The largest absolute Gasteiger partial charge is 0.283 e. The molecule has 0 fully saturated rings. The molecule has 7 heteroatoms. The Balaban J connectivity index is 1.60. The summed E-state index contributed by atoms with van der Waals surface area (Å²) in [5.41, 5.74) is 2.00. The molecule has 0 aliphatic heterocycles. The minimum Gasteiger partial charge on any atom is -0.283 e. The Morgan fingerprint density at radius 2 is 1.77 bits per heavy atom. The summed E-state index contributed by atoms with van der Waals surface area (Å²) < 4.78 is 1.09. The van der Waals surface area contributed by atoms with Crippen molar-refractivity contribution in [1.82, 2.24) is 4.98 Å². The molecule has 0 spiro atoms. The number of anilines is 1. The van der Waals surface area contributed by atoms with Crippen LogP contribution >= 0.6 is 46.5 Å². The minimum absolute atomic E-state index is 0.0305. The predicted octanol–water partition coefficient (Wildman–Crippen LogP) is 7.00. The number of halogens is 1. The lowest BCUT2D eigenvalue weighted by Gasteiger charge is -2.20. The van der Waals surface area contributed by atoms with E-state index >= 15 is 0 Å². The van der Waals surface area contributed by atoms with Gasteiger partial charge in [0.25, 0.3) is 0 Å². The van der Waals surface area contributed by atoms with Crippen molar-refractivity contribution in [2.24, 2.45) is 0 Å². The summed E-state index contributed by atoms with van der Waals surface area (Å²) in [7, 11) is 0. The smallest absolute Gasteiger partial charge is 0.239 e. The van der Waals surface area contributed by atoms with Gasteiger partial charge in [-0.1, -0.05) is 53.3 Å². The van der Waals surface area contributed by atoms with Gasteiger partial charge >= 0.3 is 0 Å². The van der Waals surface area contributed by atoms with Gasteiger partial charge in [0.15, 0.2) is 5.13 Å². The van der Waals surface area contributed by atoms with Crippen molar-refractivity contribution in [2.45, 2.75) is 16.3 Å². The maximum atomic E-state index is 13.2. The fourth-order valence-electron chi connectivity index (χ4n) is 2.92. The fraction of sp³-hybridized carbons (Fsp3) is 0.130. The van der Waals surface area contributed by atoms with E-state index in [1.807, 2.05) is 60.7 Å². The van der Waals surface area contributed by atoms with E-state index in [4.69, 9.17) is 16.6 Å². The van der Waals surface area contributed by atoms with Gasteiger partial charge in [-0.05, 0) is 54.3 Å². The molecule has 0 radical (unpaired) electrons. The number of rotatable bonds is 7. The van der Waals surface area contributed by atoms with Crippen LogP contribution in [0.15, 0.2) is 82.6 Å². The van der Waals surface area contributed by atoms with E-state index < -0.39 is 0 Å². The molecule has 3 aromatic carbocycles. The van der Waals surface area contributed by atoms with Gasteiger partial charge < -0.3 is 0 Å². The Morgan fingerprint density at radius 1 is 1.03 bits per heavy atom. The number of benzene rings is 3. The van der Waals surface area contributed by atoms with Gasteiger partial charge in [-0.25, -0.2) is 4.98 Å². The number of aromatic nitrogens is 1. The summed E-state index contributed by atoms with van der Waals surface area (Å²) in [6.45, 7) is 0.496. The first-order chi connectivity index (χ1) is 14.6. The van der Waals surface area contributed by atoms with Gasteiger partial charge in [-0.2, -0.15) is 0 Å². The zero-order valence-corrected chi connectivity index (χ0v) is 19.5. The number of carbonyl (C=O) groups excluding carboxylic acids is 1. The van der Waals surface area contributed by atoms with Crippen LogP contribution in [0.25, 0.3) is 10.2 Å². The maximum Gasteiger partial charge on any atom is 0.239 e. The lowest BCUT2D eigenvalue weighted by atomic mass is 10.2. The molecule has 30 heavy (non-hydrogen) atoms. The predicted molar refractivity (Wildman–Crippen MR) is 131 cm³/mol. The number of thiazole rings is 1. The van der Waals surface area contributed by atoms with Crippen molar-refractivity contribution in [3.05, 3.63) is 83.4 Å². The number of carbonyl (C=O) groups is 1. The number of thioether (sulfide) groups is 2. The van der Waals surface area contributed by atoms with Crippen LogP contribution in [0.4, 0.5) is 5.13 Å². The molecule has 1 aromatic heterocycles. The topological polar surface area (TPSA) is 33.2 Å². The van der Waals surface area contributed by atoms with Gasteiger partial charge in [0.2, 0.25) is 5.91 Å². The fourth-order valence-corrected chi connectivity index (χ4v) is 5.35. The minimum atomic E-state index is 0.0305. The normalized spacial score (nSPS) is 11.0. The lowest BCUT2D eigenvalue weighted by Crippen LogP contribution is -2.31. The van der Waals surface area contributed by atoms with Gasteiger partial charge in [0, 0.05) is 14.8 Å². The second-order valence-corrected chi connectivity index (χ2v) is 9.91. The Hall–Kier alpha value is -1.99. The highest BCUT2D eigenvalue weighted by molar-refractivity contribution is 8.00. The summed E-state index contributed by atoms with van der Waals surface area (Å²) in [5, 5.41) is 1.42. The molecular weight excluding hydrogens is 452 g/mol. The van der Waals surface area contributed by atoms with Crippen LogP contribution in [-0.4, -0.2) is 22.9 Å². The standard InChI is InChI=1S/C23H19ClN2OS3/c1-28-19-11-12-20-21(13-19)30-23(25-20)26(14-16-5-3-2-4-6-16)22(27)15-29-18-9-7-17(24)8-10-18/h2-13H,14-15H2,1H3. The number of amides is 1. The molecule has 1 heterocycles. The Kier molecular flexibility index (Phi) is 7.00. The summed E-state index contributed by atoms with van der Waals surface area (Å²) in [5.74, 6) is 0.364. The summed E-state index contributed by atoms with van der Waals surface area (Å²) >= 11 is 10.7. The SMILES string of the molecule is CSc1ccc2nc(N(Cc3ccccc3)C(=O)CSc3ccc(Cl)cc3)sc2c1. The molecular formula is C23H19ClN2OS3. The van der Waals surface area contributed by atoms with Crippen molar-refractivity contribution in [2.75, 3.05) is 16.9 Å². The number of nitrogens with zero attached hydrogens (tertiary/aromatic N) is 2. The van der Waals surface area contributed by atoms with Crippen molar-refractivity contribution in [1.29, 1.82) is 0 Å². The average Bonchev–Trinajstić information content (AvgIpc) is 3.20. The molecule has 0 saturated carbocycles. The number of hydrogen-bond donors (Lipinski definition) is 0. The van der Waals surface area contributed by atoms with Gasteiger partial charge in [0.05, 0.1) is 22.5 Å². The molecule has 3 nitrogen and oxygen atoms in total. The highest BCUT2D eigenvalue weighted by Gasteiger charge is 2.20. The van der Waals surface area contributed by atoms with E-state index in [-0.39, 0.29) is 5.91 Å². The quantitative estimate of drug-likeness (QED) is 0.272. The van der Waals surface area contributed by atoms with Crippen LogP contribution in [0.5, 0.6) is 0 Å². The van der Waals surface area contributed by atoms with E-state index in [0.29, 0.717) is 17.3 Å². The van der Waals surface area contributed by atoms with Gasteiger partial charge in [-0.3, -0.25) is 9.69 Å². The molecule has 0 unspecified atom stereocenters. The Bertz CT molecular complexity index is 1150. The van der Waals surface area contributed by atoms with E-state index in [0.717, 1.165) is 25.8 Å². The van der Waals surface area contributed by atoms with Crippen molar-refractivity contribution in [3.8, 4) is 0 Å². The molecule has 0 aliphatic rings. The lowest BCUT2D eigenvalue weighted by molar-refractivity contribution is -0.116. The van der Waals surface area contributed by atoms with Gasteiger partial charge in [0.1, 0.15) is 0 Å². The second kappa shape index (κ2) is 9.88. The van der Waals surface area contributed by atoms with Crippen LogP contribution in [0.2, 0.25) is 5.02 Å². The third-order valence-corrected chi connectivity index (χ3v) is 7.49. The Morgan fingerprint density at radius 3 is 2.50 bits per heavy atom. The highest BCUT2D eigenvalue weighted by Crippen LogP contribution is 2.33. The van der Waals surface area contributed by atoms with Crippen LogP contribution in [0.1, 0.15) is 5.56 Å². The number of fused-ring (bicyclic) bond motifs is 1. The molecule has 0 N–H and O–H groups in total.